The van der Waals surface area contributed by atoms with E-state index in [-0.39, 0.29) is 75.4 Å². The van der Waals surface area contributed by atoms with Crippen molar-refractivity contribution < 1.29 is 40.7 Å². The summed E-state index contributed by atoms with van der Waals surface area (Å²) >= 11 is 6.59. The summed E-state index contributed by atoms with van der Waals surface area (Å²) < 4.78 is 99.2. The second kappa shape index (κ2) is 17.3. The quantitative estimate of drug-likeness (QED) is 0.0918. The molecule has 0 bridgehead atoms. The van der Waals surface area contributed by atoms with E-state index in [1.165, 1.54) is 16.9 Å². The van der Waals surface area contributed by atoms with Crippen LogP contribution < -0.4 is 31.1 Å². The summed E-state index contributed by atoms with van der Waals surface area (Å²) in [6, 6.07) is 4.81. The zero-order valence-electron chi connectivity index (χ0n) is 37.8. The smallest absolute Gasteiger partial charge is 0.301 e. The lowest BCUT2D eigenvalue weighted by molar-refractivity contribution is -0.134. The predicted molar refractivity (Wildman–Crippen MR) is 246 cm³/mol. The van der Waals surface area contributed by atoms with E-state index < -0.39 is 66.5 Å². The first-order valence-electron chi connectivity index (χ1n) is 23.8. The van der Waals surface area contributed by atoms with Crippen molar-refractivity contribution in [2.75, 3.05) is 54.9 Å². The molecule has 2 amide bonds. The maximum absolute atomic E-state index is 16.2. The number of piperidine rings is 3. The molecule has 0 radical (unpaired) electrons. The third-order valence-corrected chi connectivity index (χ3v) is 15.5. The highest BCUT2D eigenvalue weighted by Crippen LogP contribution is 2.48. The SMILES string of the molecule is Cn1nc(C2CCC(=O)NC2=O)c2ccc(C3CCN(CC4CCN(c5ncc(Cl)c(Nc6cc7c8c(c(=O)n(CC9CC(F)(F)C9)c7cc6F)OCC(F)(F)C(C6CC6)N8)n5)CC4)CC3)c(F)c21. The van der Waals surface area contributed by atoms with Gasteiger partial charge in [-0.3, -0.25) is 24.4 Å². The van der Waals surface area contributed by atoms with Crippen molar-refractivity contribution in [2.24, 2.45) is 24.8 Å². The number of carbonyl (C=O) groups excluding carboxylic acids is 2. The van der Waals surface area contributed by atoms with Gasteiger partial charge in [-0.15, -0.1) is 0 Å². The molecule has 3 N–H and O–H groups in total. The molecule has 2 aromatic carbocycles. The van der Waals surface area contributed by atoms with E-state index in [4.69, 9.17) is 16.3 Å². The zero-order valence-corrected chi connectivity index (χ0v) is 38.5. The van der Waals surface area contributed by atoms with E-state index in [0.29, 0.717) is 66.4 Å². The van der Waals surface area contributed by atoms with Gasteiger partial charge >= 0.3 is 5.92 Å². The first-order valence-corrected chi connectivity index (χ1v) is 24.2. The minimum atomic E-state index is -3.33. The van der Waals surface area contributed by atoms with Crippen LogP contribution in [0.25, 0.3) is 21.8 Å². The lowest BCUT2D eigenvalue weighted by atomic mass is 9.81. The van der Waals surface area contributed by atoms with E-state index in [2.05, 4.69) is 35.9 Å². The number of benzene rings is 2. The van der Waals surface area contributed by atoms with E-state index in [0.717, 1.165) is 56.0 Å². The van der Waals surface area contributed by atoms with Gasteiger partial charge in [0, 0.05) is 69.3 Å². The Morgan fingerprint density at radius 1 is 0.913 bits per heavy atom. The monoisotopic (exact) mass is 980 g/mol. The van der Waals surface area contributed by atoms with Crippen LogP contribution in [0.4, 0.5) is 49.5 Å². The molecule has 3 aromatic heterocycles. The van der Waals surface area contributed by atoms with Gasteiger partial charge in [0.1, 0.15) is 16.4 Å². The highest BCUT2D eigenvalue weighted by molar-refractivity contribution is 6.33. The fraction of sp³-hybridized carbons (Fsp3) is 0.542. The Balaban J connectivity index is 0.755. The van der Waals surface area contributed by atoms with Crippen LogP contribution in [-0.4, -0.2) is 98.2 Å². The van der Waals surface area contributed by atoms with Crippen LogP contribution in [0.15, 0.2) is 35.3 Å². The number of fused-ring (bicyclic) bond motifs is 4. The molecule has 3 saturated heterocycles. The average Bonchev–Trinajstić information content (AvgIpc) is 4.10. The van der Waals surface area contributed by atoms with Gasteiger partial charge in [0.2, 0.25) is 29.4 Å². The van der Waals surface area contributed by atoms with E-state index in [9.17, 15) is 23.2 Å². The number of aromatic nitrogens is 5. The van der Waals surface area contributed by atoms with Gasteiger partial charge in [0.15, 0.2) is 18.2 Å². The van der Waals surface area contributed by atoms with Crippen molar-refractivity contribution >= 4 is 68.4 Å². The number of ether oxygens (including phenoxy) is 1. The Morgan fingerprint density at radius 3 is 2.38 bits per heavy atom. The third kappa shape index (κ3) is 8.62. The number of halogens is 7. The highest BCUT2D eigenvalue weighted by atomic mass is 35.5. The molecular weight excluding hydrogens is 930 g/mol. The van der Waals surface area contributed by atoms with Gasteiger partial charge in [-0.2, -0.15) is 10.1 Å². The lowest BCUT2D eigenvalue weighted by Gasteiger charge is -2.38. The first-order chi connectivity index (χ1) is 33.0. The molecule has 11 rings (SSSR count). The molecule has 5 fully saturated rings. The molecule has 2 saturated carbocycles. The maximum Gasteiger partial charge on any atom is 0.301 e. The lowest BCUT2D eigenvalue weighted by Crippen LogP contribution is -2.44. The number of hydrogen-bond acceptors (Lipinski definition) is 11. The Kier molecular flexibility index (Phi) is 11.5. The summed E-state index contributed by atoms with van der Waals surface area (Å²) in [4.78, 5) is 51.9. The van der Waals surface area contributed by atoms with Crippen molar-refractivity contribution in [3.05, 3.63) is 68.7 Å². The predicted octanol–water partition coefficient (Wildman–Crippen LogP) is 8.23. The molecule has 2 unspecified atom stereocenters. The fourth-order valence-electron chi connectivity index (χ4n) is 11.3. The fourth-order valence-corrected chi connectivity index (χ4v) is 11.5. The molecule has 2 atom stereocenters. The number of anilines is 4. The van der Waals surface area contributed by atoms with E-state index in [1.54, 1.807) is 7.05 Å². The molecule has 6 aliphatic rings. The number of hydrogen-bond donors (Lipinski definition) is 3. The molecule has 4 aliphatic heterocycles. The molecule has 7 heterocycles. The summed E-state index contributed by atoms with van der Waals surface area (Å²) in [7, 11) is 1.68. The summed E-state index contributed by atoms with van der Waals surface area (Å²) in [5.74, 6) is -9.08. The van der Waals surface area contributed by atoms with E-state index >= 15 is 17.6 Å². The maximum atomic E-state index is 16.2. The Bertz CT molecular complexity index is 2940. The number of nitrogens with zero attached hydrogens (tertiary/aromatic N) is 7. The van der Waals surface area contributed by atoms with Gasteiger partial charge in [-0.25, -0.2) is 31.3 Å². The average molecular weight is 981 g/mol. The molecule has 21 heteroatoms. The topological polar surface area (TPSA) is 152 Å². The highest BCUT2D eigenvalue weighted by Gasteiger charge is 2.52. The molecule has 5 aromatic rings. The van der Waals surface area contributed by atoms with Crippen molar-refractivity contribution in [3.8, 4) is 5.75 Å². The number of imide groups is 1. The Labute approximate surface area is 397 Å². The van der Waals surface area contributed by atoms with Crippen LogP contribution in [0, 0.1) is 29.4 Å². The molecule has 69 heavy (non-hydrogen) atoms. The van der Waals surface area contributed by atoms with Gasteiger partial charge in [0.25, 0.3) is 5.56 Å². The van der Waals surface area contributed by atoms with Gasteiger partial charge in [0.05, 0.1) is 40.7 Å². The van der Waals surface area contributed by atoms with Crippen LogP contribution in [0.2, 0.25) is 5.02 Å². The van der Waals surface area contributed by atoms with Gasteiger partial charge < -0.3 is 29.7 Å². The van der Waals surface area contributed by atoms with Crippen molar-refractivity contribution in [3.63, 3.8) is 0 Å². The van der Waals surface area contributed by atoms with Crippen molar-refractivity contribution in [1.29, 1.82) is 0 Å². The summed E-state index contributed by atoms with van der Waals surface area (Å²) in [6.45, 7) is 2.59. The number of likely N-dealkylation sites (tertiary alicyclic amines) is 1. The van der Waals surface area contributed by atoms with Crippen LogP contribution in [0.3, 0.4) is 0 Å². The molecule has 14 nitrogen and oxygen atoms in total. The number of carbonyl (C=O) groups is 2. The molecule has 0 spiro atoms. The van der Waals surface area contributed by atoms with Crippen LogP contribution >= 0.6 is 11.6 Å². The number of aryl methyl sites for hydroxylation is 1. The van der Waals surface area contributed by atoms with Gasteiger partial charge in [-0.05, 0) is 93.3 Å². The second-order valence-electron chi connectivity index (χ2n) is 20.0. The molecule has 366 valence electrons. The largest absolute Gasteiger partial charge is 0.480 e. The van der Waals surface area contributed by atoms with Crippen molar-refractivity contribution in [2.45, 2.75) is 100 Å². The van der Waals surface area contributed by atoms with Crippen molar-refractivity contribution in [1.82, 2.24) is 34.5 Å². The third-order valence-electron chi connectivity index (χ3n) is 15.2. The number of rotatable bonds is 10. The number of amides is 2. The number of nitrogens with one attached hydrogen (secondary N) is 3. The van der Waals surface area contributed by atoms with Gasteiger partial charge in [-0.1, -0.05) is 23.7 Å². The van der Waals surface area contributed by atoms with Crippen LogP contribution in [0.1, 0.15) is 87.3 Å². The minimum absolute atomic E-state index is 0.0102. The minimum Gasteiger partial charge on any atom is -0.480 e. The summed E-state index contributed by atoms with van der Waals surface area (Å²) in [5.41, 5.74) is 0.617. The second-order valence-corrected chi connectivity index (χ2v) is 20.4. The standard InChI is InChI=1S/C48H51ClF6N10O4/c1-62-40-29(38(61-62)30-6-7-36(66)58-44(30)67)5-4-28(37(40)51)26-10-12-63(13-11-26)21-24-8-14-64(15-9-24)46-56-20-32(49)43(60-46)57-34-16-31-35(17-33(34)50)65(22-25-18-47(52,53)19-25)45(68)41-39(31)59-42(27-2-3-27)48(54,55)23-69-41/h4-5,16-17,20,24-27,30,42,59H,2-3,6-15,18-19,21-23H2,1H3,(H,56,57,60)(H,58,66,67). The molecule has 2 aliphatic carbocycles. The summed E-state index contributed by atoms with van der Waals surface area (Å²) in [6.07, 6.45) is 5.48. The zero-order chi connectivity index (χ0) is 48.1. The summed E-state index contributed by atoms with van der Waals surface area (Å²) in [5, 5.41) is 13.6. The van der Waals surface area contributed by atoms with Crippen LogP contribution in [0.5, 0.6) is 5.75 Å². The number of pyridine rings is 1. The number of alkyl halides is 4. The first kappa shape index (κ1) is 45.8. The Hall–Kier alpha value is -5.63. The van der Waals surface area contributed by atoms with E-state index in [1.807, 2.05) is 17.0 Å². The van der Waals surface area contributed by atoms with Crippen LogP contribution in [-0.2, 0) is 23.2 Å². The molecular formula is C48H51ClF6N10O4. The Morgan fingerprint density at radius 2 is 1.67 bits per heavy atom. The normalized spacial score (nSPS) is 23.6.